The van der Waals surface area contributed by atoms with Crippen LogP contribution >= 0.6 is 15.9 Å². The number of rotatable bonds is 3. The van der Waals surface area contributed by atoms with Crippen LogP contribution in [-0.4, -0.2) is 19.1 Å². The summed E-state index contributed by atoms with van der Waals surface area (Å²) in [5, 5.41) is 2.59. The summed E-state index contributed by atoms with van der Waals surface area (Å²) in [6.07, 6.45) is 2.55. The van der Waals surface area contributed by atoms with Crippen molar-refractivity contribution in [2.45, 2.75) is 18.9 Å². The number of halogens is 1. The number of carbonyl (C=O) groups excluding carboxylic acids is 1. The molecule has 0 bridgehead atoms. The SMILES string of the molecule is CNC(=O)c1cccc(OC2CC2)c1Br. The molecule has 1 aliphatic carbocycles. The summed E-state index contributed by atoms with van der Waals surface area (Å²) in [7, 11) is 1.61. The third-order valence-electron chi connectivity index (χ3n) is 2.25. The summed E-state index contributed by atoms with van der Waals surface area (Å²) in [5.41, 5.74) is 0.607. The largest absolute Gasteiger partial charge is 0.489 e. The van der Waals surface area contributed by atoms with Gasteiger partial charge in [-0.1, -0.05) is 6.07 Å². The highest BCUT2D eigenvalue weighted by molar-refractivity contribution is 9.10. The Bertz CT molecular complexity index is 388. The summed E-state index contributed by atoms with van der Waals surface area (Å²) < 4.78 is 6.40. The van der Waals surface area contributed by atoms with Crippen molar-refractivity contribution >= 4 is 21.8 Å². The summed E-state index contributed by atoms with van der Waals surface area (Å²) >= 11 is 3.39. The van der Waals surface area contributed by atoms with E-state index in [0.29, 0.717) is 11.7 Å². The van der Waals surface area contributed by atoms with Crippen molar-refractivity contribution in [2.24, 2.45) is 0 Å². The Labute approximate surface area is 96.9 Å². The van der Waals surface area contributed by atoms with E-state index in [-0.39, 0.29) is 5.91 Å². The van der Waals surface area contributed by atoms with Gasteiger partial charge in [-0.2, -0.15) is 0 Å². The first kappa shape index (κ1) is 10.5. The van der Waals surface area contributed by atoms with Crippen LogP contribution in [0.15, 0.2) is 22.7 Å². The van der Waals surface area contributed by atoms with Gasteiger partial charge in [0.2, 0.25) is 0 Å². The van der Waals surface area contributed by atoms with Crippen molar-refractivity contribution in [3.63, 3.8) is 0 Å². The Balaban J connectivity index is 2.27. The smallest absolute Gasteiger partial charge is 0.252 e. The predicted octanol–water partition coefficient (Wildman–Crippen LogP) is 2.35. The highest BCUT2D eigenvalue weighted by Crippen LogP contribution is 2.33. The Morgan fingerprint density at radius 1 is 1.53 bits per heavy atom. The summed E-state index contributed by atoms with van der Waals surface area (Å²) in [5.74, 6) is 0.640. The van der Waals surface area contributed by atoms with Crippen molar-refractivity contribution < 1.29 is 9.53 Å². The summed E-state index contributed by atoms with van der Waals surface area (Å²) in [4.78, 5) is 11.5. The van der Waals surface area contributed by atoms with Crippen molar-refractivity contribution in [3.8, 4) is 5.75 Å². The molecule has 1 aromatic carbocycles. The van der Waals surface area contributed by atoms with Gasteiger partial charge in [0.25, 0.3) is 5.91 Å². The maximum Gasteiger partial charge on any atom is 0.252 e. The van der Waals surface area contributed by atoms with Crippen LogP contribution in [0, 0.1) is 0 Å². The normalized spacial score (nSPS) is 14.8. The van der Waals surface area contributed by atoms with Crippen LogP contribution in [0.5, 0.6) is 5.75 Å². The second-order valence-electron chi connectivity index (χ2n) is 3.51. The van der Waals surface area contributed by atoms with Crippen molar-refractivity contribution in [1.29, 1.82) is 0 Å². The first-order valence-electron chi connectivity index (χ1n) is 4.89. The van der Waals surface area contributed by atoms with E-state index in [1.165, 1.54) is 0 Å². The van der Waals surface area contributed by atoms with Gasteiger partial charge in [0, 0.05) is 7.05 Å². The molecule has 1 aromatic rings. The molecule has 0 saturated heterocycles. The second kappa shape index (κ2) is 4.23. The van der Waals surface area contributed by atoms with Gasteiger partial charge >= 0.3 is 0 Å². The average Bonchev–Trinajstić information content (AvgIpc) is 3.04. The van der Waals surface area contributed by atoms with Gasteiger partial charge in [0.05, 0.1) is 16.1 Å². The van der Waals surface area contributed by atoms with E-state index in [0.717, 1.165) is 23.1 Å². The van der Waals surface area contributed by atoms with Crippen LogP contribution in [0.4, 0.5) is 0 Å². The number of nitrogens with one attached hydrogen (secondary N) is 1. The molecule has 4 heteroatoms. The van der Waals surface area contributed by atoms with Crippen LogP contribution < -0.4 is 10.1 Å². The highest BCUT2D eigenvalue weighted by Gasteiger charge is 2.25. The molecule has 1 N–H and O–H groups in total. The molecule has 1 saturated carbocycles. The van der Waals surface area contributed by atoms with Crippen LogP contribution in [0.2, 0.25) is 0 Å². The minimum Gasteiger partial charge on any atom is -0.489 e. The van der Waals surface area contributed by atoms with Crippen molar-refractivity contribution in [2.75, 3.05) is 7.05 Å². The molecule has 1 amide bonds. The molecule has 0 atom stereocenters. The predicted molar refractivity (Wildman–Crippen MR) is 61.2 cm³/mol. The van der Waals surface area contributed by atoms with Gasteiger partial charge in [-0.05, 0) is 40.9 Å². The third-order valence-corrected chi connectivity index (χ3v) is 3.07. The molecule has 1 fully saturated rings. The summed E-state index contributed by atoms with van der Waals surface area (Å²) in [6.45, 7) is 0. The molecule has 0 aromatic heterocycles. The fourth-order valence-corrected chi connectivity index (χ4v) is 1.82. The van der Waals surface area contributed by atoms with E-state index >= 15 is 0 Å². The van der Waals surface area contributed by atoms with Crippen LogP contribution in [-0.2, 0) is 0 Å². The van der Waals surface area contributed by atoms with Gasteiger partial charge in [-0.25, -0.2) is 0 Å². The van der Waals surface area contributed by atoms with Crippen LogP contribution in [0.25, 0.3) is 0 Å². The standard InChI is InChI=1S/C11H12BrNO2/c1-13-11(14)8-3-2-4-9(10(8)12)15-7-5-6-7/h2-4,7H,5-6H2,1H3,(H,13,14). The van der Waals surface area contributed by atoms with Crippen molar-refractivity contribution in [3.05, 3.63) is 28.2 Å². The molecule has 0 heterocycles. The average molecular weight is 270 g/mol. The summed E-state index contributed by atoms with van der Waals surface area (Å²) in [6, 6.07) is 5.46. The Kier molecular flexibility index (Phi) is 2.95. The van der Waals surface area contributed by atoms with Gasteiger partial charge in [-0.3, -0.25) is 4.79 Å². The van der Waals surface area contributed by atoms with E-state index in [9.17, 15) is 4.79 Å². The molecule has 0 unspecified atom stereocenters. The lowest BCUT2D eigenvalue weighted by Gasteiger charge is -2.09. The van der Waals surface area contributed by atoms with E-state index in [1.807, 2.05) is 12.1 Å². The quantitative estimate of drug-likeness (QED) is 0.915. The molecule has 15 heavy (non-hydrogen) atoms. The topological polar surface area (TPSA) is 38.3 Å². The highest BCUT2D eigenvalue weighted by atomic mass is 79.9. The van der Waals surface area contributed by atoms with Crippen LogP contribution in [0.3, 0.4) is 0 Å². The lowest BCUT2D eigenvalue weighted by atomic mass is 10.2. The second-order valence-corrected chi connectivity index (χ2v) is 4.31. The molecule has 0 spiro atoms. The van der Waals surface area contributed by atoms with Gasteiger partial charge < -0.3 is 10.1 Å². The molecule has 0 aliphatic heterocycles. The molecular formula is C11H12BrNO2. The fourth-order valence-electron chi connectivity index (χ4n) is 1.28. The Morgan fingerprint density at radius 2 is 2.27 bits per heavy atom. The van der Waals surface area contributed by atoms with Gasteiger partial charge in [0.15, 0.2) is 0 Å². The molecule has 80 valence electrons. The minimum atomic E-state index is -0.108. The zero-order chi connectivity index (χ0) is 10.8. The number of hydrogen-bond donors (Lipinski definition) is 1. The molecule has 2 rings (SSSR count). The molecular weight excluding hydrogens is 258 g/mol. The van der Waals surface area contributed by atoms with Crippen molar-refractivity contribution in [1.82, 2.24) is 5.32 Å². The zero-order valence-electron chi connectivity index (χ0n) is 8.42. The fraction of sp³-hybridized carbons (Fsp3) is 0.364. The molecule has 3 nitrogen and oxygen atoms in total. The van der Waals surface area contributed by atoms with Gasteiger partial charge in [-0.15, -0.1) is 0 Å². The minimum absolute atomic E-state index is 0.108. The van der Waals surface area contributed by atoms with E-state index < -0.39 is 0 Å². The maximum absolute atomic E-state index is 11.5. The molecule has 0 radical (unpaired) electrons. The Morgan fingerprint density at radius 3 is 2.87 bits per heavy atom. The first-order valence-corrected chi connectivity index (χ1v) is 5.69. The Hall–Kier alpha value is -1.03. The number of hydrogen-bond acceptors (Lipinski definition) is 2. The van der Waals surface area contributed by atoms with Crippen LogP contribution in [0.1, 0.15) is 23.2 Å². The zero-order valence-corrected chi connectivity index (χ0v) is 10.0. The number of amides is 1. The number of ether oxygens (including phenoxy) is 1. The lowest BCUT2D eigenvalue weighted by Crippen LogP contribution is -2.18. The number of benzene rings is 1. The monoisotopic (exact) mass is 269 g/mol. The first-order chi connectivity index (χ1) is 7.22. The van der Waals surface area contributed by atoms with Gasteiger partial charge in [0.1, 0.15) is 5.75 Å². The third kappa shape index (κ3) is 2.31. The maximum atomic E-state index is 11.5. The van der Waals surface area contributed by atoms with E-state index in [1.54, 1.807) is 13.1 Å². The number of carbonyl (C=O) groups is 1. The lowest BCUT2D eigenvalue weighted by molar-refractivity contribution is 0.0961. The molecule has 1 aliphatic rings. The van der Waals surface area contributed by atoms with E-state index in [2.05, 4.69) is 21.2 Å². The van der Waals surface area contributed by atoms with E-state index in [4.69, 9.17) is 4.74 Å².